The van der Waals surface area contributed by atoms with Gasteiger partial charge in [0.2, 0.25) is 0 Å². The molecule has 0 saturated heterocycles. The fourth-order valence-electron chi connectivity index (χ4n) is 1.82. The number of nitrogens with zero attached hydrogens (tertiary/aromatic N) is 1. The van der Waals surface area contributed by atoms with Crippen LogP contribution in [0.5, 0.6) is 0 Å². The lowest BCUT2D eigenvalue weighted by Crippen LogP contribution is -2.40. The van der Waals surface area contributed by atoms with Crippen LogP contribution < -0.4 is 5.32 Å². The monoisotopic (exact) mass is 248 g/mol. The number of benzene rings is 1. The minimum atomic E-state index is -0.985. The Hall–Kier alpha value is -2.04. The van der Waals surface area contributed by atoms with Crippen LogP contribution in [-0.4, -0.2) is 34.6 Å². The normalized spacial score (nSPS) is 14.1. The Morgan fingerprint density at radius 1 is 1.44 bits per heavy atom. The molecule has 96 valence electrons. The summed E-state index contributed by atoms with van der Waals surface area (Å²) in [6.45, 7) is 1.69. The number of carbonyl (C=O) groups excluding carboxylic acids is 1. The van der Waals surface area contributed by atoms with Crippen LogP contribution in [0.15, 0.2) is 24.3 Å². The zero-order valence-corrected chi connectivity index (χ0v) is 10.2. The van der Waals surface area contributed by atoms with Gasteiger partial charge in [0.25, 0.3) is 0 Å². The van der Waals surface area contributed by atoms with Crippen molar-refractivity contribution >= 4 is 17.7 Å². The Morgan fingerprint density at radius 3 is 2.72 bits per heavy atom. The molecule has 1 fully saturated rings. The van der Waals surface area contributed by atoms with E-state index in [1.165, 1.54) is 4.90 Å². The second-order valence-electron chi connectivity index (χ2n) is 4.55. The number of hydrogen-bond donors (Lipinski definition) is 2. The van der Waals surface area contributed by atoms with Crippen LogP contribution >= 0.6 is 0 Å². The fraction of sp³-hybridized carbons (Fsp3) is 0.385. The summed E-state index contributed by atoms with van der Waals surface area (Å²) < 4.78 is 0. The first-order valence-corrected chi connectivity index (χ1v) is 5.92. The number of nitrogens with one attached hydrogen (secondary N) is 1. The van der Waals surface area contributed by atoms with Crippen molar-refractivity contribution in [1.82, 2.24) is 4.90 Å². The number of rotatable bonds is 4. The number of hydrogen-bond acceptors (Lipinski definition) is 2. The van der Waals surface area contributed by atoms with Gasteiger partial charge in [0.15, 0.2) is 0 Å². The van der Waals surface area contributed by atoms with Crippen molar-refractivity contribution in [2.75, 3.05) is 11.9 Å². The molecule has 0 spiro atoms. The van der Waals surface area contributed by atoms with Crippen molar-refractivity contribution in [2.45, 2.75) is 25.8 Å². The van der Waals surface area contributed by atoms with E-state index in [4.69, 9.17) is 5.11 Å². The molecule has 2 N–H and O–H groups in total. The van der Waals surface area contributed by atoms with Crippen LogP contribution in [0.4, 0.5) is 10.5 Å². The first-order valence-electron chi connectivity index (χ1n) is 5.92. The Kier molecular flexibility index (Phi) is 3.50. The van der Waals surface area contributed by atoms with Gasteiger partial charge in [-0.2, -0.15) is 0 Å². The van der Waals surface area contributed by atoms with E-state index < -0.39 is 5.97 Å². The molecule has 5 nitrogen and oxygen atoms in total. The molecule has 0 atom stereocenters. The maximum atomic E-state index is 12.0. The molecule has 5 heteroatoms. The van der Waals surface area contributed by atoms with Gasteiger partial charge < -0.3 is 15.3 Å². The van der Waals surface area contributed by atoms with Crippen molar-refractivity contribution in [2.24, 2.45) is 0 Å². The summed E-state index contributed by atoms with van der Waals surface area (Å²) in [4.78, 5) is 24.1. The molecule has 1 aliphatic carbocycles. The number of carboxylic acids is 1. The number of carboxylic acid groups (broad SMARTS) is 1. The third-order valence-electron chi connectivity index (χ3n) is 2.82. The van der Waals surface area contributed by atoms with Crippen molar-refractivity contribution in [3.8, 4) is 0 Å². The number of carbonyl (C=O) groups is 2. The molecule has 2 amide bonds. The van der Waals surface area contributed by atoms with Crippen LogP contribution in [0, 0.1) is 6.92 Å². The summed E-state index contributed by atoms with van der Waals surface area (Å²) in [6, 6.07) is 7.16. The molecule has 2 rings (SSSR count). The maximum absolute atomic E-state index is 12.0. The van der Waals surface area contributed by atoms with Crippen LogP contribution in [0.3, 0.4) is 0 Å². The summed E-state index contributed by atoms with van der Waals surface area (Å²) in [5.41, 5.74) is 1.74. The van der Waals surface area contributed by atoms with Gasteiger partial charge in [-0.15, -0.1) is 0 Å². The number of amides is 2. The van der Waals surface area contributed by atoms with Crippen LogP contribution in [0.1, 0.15) is 18.4 Å². The van der Waals surface area contributed by atoms with Gasteiger partial charge in [-0.05, 0) is 37.5 Å². The Balaban J connectivity index is 2.02. The van der Waals surface area contributed by atoms with Gasteiger partial charge in [0.05, 0.1) is 0 Å². The standard InChI is InChI=1S/C13H16N2O3/c1-9-3-2-4-10(7-9)14-13(18)15(8-12(16)17)11-5-6-11/h2-4,7,11H,5-6,8H2,1H3,(H,14,18)(H,16,17). The molecule has 1 aromatic rings. The topological polar surface area (TPSA) is 69.6 Å². The summed E-state index contributed by atoms with van der Waals surface area (Å²) >= 11 is 0. The molecule has 0 heterocycles. The lowest BCUT2D eigenvalue weighted by molar-refractivity contribution is -0.137. The minimum absolute atomic E-state index is 0.0749. The average molecular weight is 248 g/mol. The highest BCUT2D eigenvalue weighted by Gasteiger charge is 2.33. The molecule has 0 radical (unpaired) electrons. The van der Waals surface area contributed by atoms with Gasteiger partial charge in [-0.3, -0.25) is 4.79 Å². The Bertz CT molecular complexity index is 469. The minimum Gasteiger partial charge on any atom is -0.480 e. The van der Waals surface area contributed by atoms with Crippen molar-refractivity contribution < 1.29 is 14.7 Å². The van der Waals surface area contributed by atoms with Gasteiger partial charge in [0, 0.05) is 11.7 Å². The van der Waals surface area contributed by atoms with E-state index in [0.717, 1.165) is 18.4 Å². The van der Waals surface area contributed by atoms with E-state index in [1.54, 1.807) is 6.07 Å². The molecular formula is C13H16N2O3. The van der Waals surface area contributed by atoms with E-state index in [1.807, 2.05) is 25.1 Å². The molecule has 0 bridgehead atoms. The van der Waals surface area contributed by atoms with Crippen LogP contribution in [0.2, 0.25) is 0 Å². The number of aryl methyl sites for hydroxylation is 1. The largest absolute Gasteiger partial charge is 0.480 e. The van der Waals surface area contributed by atoms with Crippen molar-refractivity contribution in [1.29, 1.82) is 0 Å². The zero-order valence-electron chi connectivity index (χ0n) is 10.2. The smallest absolute Gasteiger partial charge is 0.323 e. The highest BCUT2D eigenvalue weighted by atomic mass is 16.4. The molecule has 1 saturated carbocycles. The second-order valence-corrected chi connectivity index (χ2v) is 4.55. The molecule has 0 aromatic heterocycles. The van der Waals surface area contributed by atoms with Gasteiger partial charge in [-0.25, -0.2) is 4.79 Å². The molecule has 0 aliphatic heterocycles. The number of urea groups is 1. The molecule has 1 aromatic carbocycles. The lowest BCUT2D eigenvalue weighted by Gasteiger charge is -2.20. The first-order chi connectivity index (χ1) is 8.56. The fourth-order valence-corrected chi connectivity index (χ4v) is 1.82. The summed E-state index contributed by atoms with van der Waals surface area (Å²) in [6.07, 6.45) is 1.77. The molecule has 1 aliphatic rings. The van der Waals surface area contributed by atoms with Crippen LogP contribution in [0.25, 0.3) is 0 Å². The first kappa shape index (κ1) is 12.4. The average Bonchev–Trinajstić information content (AvgIpc) is 3.09. The van der Waals surface area contributed by atoms with E-state index in [-0.39, 0.29) is 18.6 Å². The van der Waals surface area contributed by atoms with Gasteiger partial charge in [-0.1, -0.05) is 12.1 Å². The predicted molar refractivity (Wildman–Crippen MR) is 67.6 cm³/mol. The molecule has 0 unspecified atom stereocenters. The van der Waals surface area contributed by atoms with Gasteiger partial charge >= 0.3 is 12.0 Å². The highest BCUT2D eigenvalue weighted by Crippen LogP contribution is 2.27. The Morgan fingerprint density at radius 2 is 2.17 bits per heavy atom. The summed E-state index contributed by atoms with van der Waals surface area (Å²) in [5.74, 6) is -0.985. The summed E-state index contributed by atoms with van der Waals surface area (Å²) in [7, 11) is 0. The van der Waals surface area contributed by atoms with E-state index >= 15 is 0 Å². The van der Waals surface area contributed by atoms with E-state index in [0.29, 0.717) is 5.69 Å². The van der Waals surface area contributed by atoms with Crippen LogP contribution in [-0.2, 0) is 4.79 Å². The highest BCUT2D eigenvalue weighted by molar-refractivity contribution is 5.91. The van der Waals surface area contributed by atoms with Crippen molar-refractivity contribution in [3.63, 3.8) is 0 Å². The molecule has 18 heavy (non-hydrogen) atoms. The quantitative estimate of drug-likeness (QED) is 0.857. The second kappa shape index (κ2) is 5.08. The number of anilines is 1. The third-order valence-corrected chi connectivity index (χ3v) is 2.82. The summed E-state index contributed by atoms with van der Waals surface area (Å²) in [5, 5.41) is 11.5. The van der Waals surface area contributed by atoms with E-state index in [2.05, 4.69) is 5.32 Å². The third kappa shape index (κ3) is 3.23. The number of aliphatic carboxylic acids is 1. The predicted octanol–water partition coefficient (Wildman–Crippen LogP) is 2.08. The SMILES string of the molecule is Cc1cccc(NC(=O)N(CC(=O)O)C2CC2)c1. The lowest BCUT2D eigenvalue weighted by atomic mass is 10.2. The maximum Gasteiger partial charge on any atom is 0.323 e. The van der Waals surface area contributed by atoms with Gasteiger partial charge in [0.1, 0.15) is 6.54 Å². The van der Waals surface area contributed by atoms with Crippen molar-refractivity contribution in [3.05, 3.63) is 29.8 Å². The Labute approximate surface area is 105 Å². The molecular weight excluding hydrogens is 232 g/mol. The van der Waals surface area contributed by atoms with E-state index in [9.17, 15) is 9.59 Å². The zero-order chi connectivity index (χ0) is 13.1.